The number of likely N-dealkylation sites (tertiary alicyclic amines) is 1. The number of rotatable bonds is 15. The number of allylic oxidation sites excluding steroid dienone is 2. The van der Waals surface area contributed by atoms with Crippen LogP contribution in [0.3, 0.4) is 0 Å². The highest BCUT2D eigenvalue weighted by Gasteiger charge is 2.24. The smallest absolute Gasteiger partial charge is 0.222 e. The molecule has 2 unspecified atom stereocenters. The van der Waals surface area contributed by atoms with Crippen molar-refractivity contribution in [2.45, 2.75) is 136 Å². The molecule has 2 heteroatoms. The number of carbonyl (C=O) groups is 1. The van der Waals surface area contributed by atoms with Gasteiger partial charge in [0.2, 0.25) is 5.91 Å². The van der Waals surface area contributed by atoms with Crippen LogP contribution in [0, 0.1) is 5.92 Å². The first-order valence-electron chi connectivity index (χ1n) is 12.6. The minimum Gasteiger partial charge on any atom is -0.340 e. The van der Waals surface area contributed by atoms with Crippen molar-refractivity contribution in [1.29, 1.82) is 0 Å². The van der Waals surface area contributed by atoms with Gasteiger partial charge in [-0.05, 0) is 57.8 Å². The van der Waals surface area contributed by atoms with Crippen LogP contribution >= 0.6 is 0 Å². The molecule has 1 heterocycles. The third-order valence-electron chi connectivity index (χ3n) is 6.33. The van der Waals surface area contributed by atoms with Crippen molar-refractivity contribution in [3.05, 3.63) is 12.2 Å². The molecule has 1 aliphatic heterocycles. The Morgan fingerprint density at radius 2 is 1.39 bits per heavy atom. The molecule has 1 amide bonds. The molecule has 164 valence electrons. The van der Waals surface area contributed by atoms with Crippen LogP contribution in [0.4, 0.5) is 0 Å². The largest absolute Gasteiger partial charge is 0.340 e. The Balaban J connectivity index is 1.92. The van der Waals surface area contributed by atoms with E-state index in [9.17, 15) is 4.79 Å². The van der Waals surface area contributed by atoms with Crippen molar-refractivity contribution in [1.82, 2.24) is 4.90 Å². The lowest BCUT2D eigenvalue weighted by molar-refractivity contribution is -0.133. The molecule has 0 aliphatic carbocycles. The Kier molecular flexibility index (Phi) is 15.4. The van der Waals surface area contributed by atoms with Gasteiger partial charge in [0.15, 0.2) is 0 Å². The quantitative estimate of drug-likeness (QED) is 0.204. The van der Waals surface area contributed by atoms with Crippen LogP contribution in [-0.2, 0) is 4.79 Å². The fourth-order valence-electron chi connectivity index (χ4n) is 4.36. The standard InChI is InChI=1S/C26H49NO/c1-4-5-6-7-8-9-10-11-12-13-14-15-16-17-18-22-26(28)27-23-24(2)20-19-21-25(27)3/h10-11,24-25H,4-9,12-23H2,1-3H3. The van der Waals surface area contributed by atoms with E-state index in [4.69, 9.17) is 0 Å². The van der Waals surface area contributed by atoms with Gasteiger partial charge in [-0.1, -0.05) is 83.8 Å². The van der Waals surface area contributed by atoms with E-state index in [2.05, 4.69) is 37.8 Å². The van der Waals surface area contributed by atoms with E-state index in [1.54, 1.807) is 0 Å². The zero-order valence-electron chi connectivity index (χ0n) is 19.4. The van der Waals surface area contributed by atoms with Gasteiger partial charge in [0.05, 0.1) is 0 Å². The average Bonchev–Trinajstić information content (AvgIpc) is 2.85. The number of amides is 1. The second kappa shape index (κ2) is 17.1. The van der Waals surface area contributed by atoms with Gasteiger partial charge in [0.25, 0.3) is 0 Å². The molecule has 28 heavy (non-hydrogen) atoms. The van der Waals surface area contributed by atoms with Crippen molar-refractivity contribution in [2.24, 2.45) is 5.92 Å². The molecular weight excluding hydrogens is 342 g/mol. The van der Waals surface area contributed by atoms with Gasteiger partial charge in [-0.25, -0.2) is 0 Å². The predicted octanol–water partition coefficient (Wildman–Crippen LogP) is 8.06. The van der Waals surface area contributed by atoms with Crippen LogP contribution in [0.5, 0.6) is 0 Å². The number of hydrogen-bond donors (Lipinski definition) is 0. The van der Waals surface area contributed by atoms with Crippen LogP contribution in [0.15, 0.2) is 12.2 Å². The Morgan fingerprint density at radius 1 is 0.821 bits per heavy atom. The van der Waals surface area contributed by atoms with E-state index >= 15 is 0 Å². The van der Waals surface area contributed by atoms with E-state index in [1.165, 1.54) is 96.3 Å². The molecule has 0 saturated carbocycles. The first-order valence-corrected chi connectivity index (χ1v) is 12.6. The highest BCUT2D eigenvalue weighted by Crippen LogP contribution is 2.22. The normalized spacial score (nSPS) is 20.6. The van der Waals surface area contributed by atoms with Crippen molar-refractivity contribution < 1.29 is 4.79 Å². The van der Waals surface area contributed by atoms with Gasteiger partial charge in [-0.2, -0.15) is 0 Å². The summed E-state index contributed by atoms with van der Waals surface area (Å²) in [6, 6.07) is 0.446. The lowest BCUT2D eigenvalue weighted by Crippen LogP contribution is -2.39. The molecule has 0 aromatic carbocycles. The zero-order valence-corrected chi connectivity index (χ0v) is 19.4. The summed E-state index contributed by atoms with van der Waals surface area (Å²) in [6.45, 7) is 7.78. The maximum absolute atomic E-state index is 12.6. The van der Waals surface area contributed by atoms with Gasteiger partial charge in [0.1, 0.15) is 0 Å². The van der Waals surface area contributed by atoms with Crippen LogP contribution in [0.1, 0.15) is 130 Å². The molecule has 1 saturated heterocycles. The summed E-state index contributed by atoms with van der Waals surface area (Å²) in [4.78, 5) is 14.7. The third-order valence-corrected chi connectivity index (χ3v) is 6.33. The minimum absolute atomic E-state index is 0.404. The van der Waals surface area contributed by atoms with Crippen molar-refractivity contribution in [3.63, 3.8) is 0 Å². The fraction of sp³-hybridized carbons (Fsp3) is 0.885. The Bertz CT molecular complexity index is 403. The number of carbonyl (C=O) groups excluding carboxylic acids is 1. The summed E-state index contributed by atoms with van der Waals surface area (Å²) in [5.41, 5.74) is 0. The first-order chi connectivity index (χ1) is 13.6. The molecule has 1 rings (SSSR count). The predicted molar refractivity (Wildman–Crippen MR) is 124 cm³/mol. The van der Waals surface area contributed by atoms with Crippen LogP contribution in [0.25, 0.3) is 0 Å². The molecule has 0 N–H and O–H groups in total. The Hall–Kier alpha value is -0.790. The Morgan fingerprint density at radius 3 is 2.04 bits per heavy atom. The summed E-state index contributed by atoms with van der Waals surface area (Å²) < 4.78 is 0. The second-order valence-corrected chi connectivity index (χ2v) is 9.27. The summed E-state index contributed by atoms with van der Waals surface area (Å²) in [5, 5.41) is 0. The monoisotopic (exact) mass is 391 g/mol. The molecule has 0 bridgehead atoms. The molecule has 2 atom stereocenters. The number of hydrogen-bond acceptors (Lipinski definition) is 1. The second-order valence-electron chi connectivity index (χ2n) is 9.27. The summed E-state index contributed by atoms with van der Waals surface area (Å²) in [5.74, 6) is 1.07. The molecule has 0 radical (unpaired) electrons. The van der Waals surface area contributed by atoms with E-state index in [-0.39, 0.29) is 0 Å². The van der Waals surface area contributed by atoms with E-state index in [0.717, 1.165) is 19.4 Å². The Labute approximate surface area is 176 Å². The van der Waals surface area contributed by atoms with Gasteiger partial charge in [-0.3, -0.25) is 4.79 Å². The third kappa shape index (κ3) is 12.6. The molecular formula is C26H49NO. The van der Waals surface area contributed by atoms with Gasteiger partial charge >= 0.3 is 0 Å². The average molecular weight is 392 g/mol. The number of nitrogens with zero attached hydrogens (tertiary/aromatic N) is 1. The highest BCUT2D eigenvalue weighted by molar-refractivity contribution is 5.76. The van der Waals surface area contributed by atoms with Crippen LogP contribution in [-0.4, -0.2) is 23.4 Å². The van der Waals surface area contributed by atoms with E-state index in [0.29, 0.717) is 17.9 Å². The van der Waals surface area contributed by atoms with Gasteiger partial charge in [-0.15, -0.1) is 0 Å². The maximum atomic E-state index is 12.6. The van der Waals surface area contributed by atoms with Crippen molar-refractivity contribution in [2.75, 3.05) is 6.54 Å². The molecule has 1 fully saturated rings. The topological polar surface area (TPSA) is 20.3 Å². The van der Waals surface area contributed by atoms with Crippen LogP contribution < -0.4 is 0 Å². The molecule has 0 aromatic rings. The molecule has 0 spiro atoms. The summed E-state index contributed by atoms with van der Waals surface area (Å²) >= 11 is 0. The van der Waals surface area contributed by atoms with Gasteiger partial charge in [0, 0.05) is 19.0 Å². The van der Waals surface area contributed by atoms with Gasteiger partial charge < -0.3 is 4.90 Å². The van der Waals surface area contributed by atoms with Crippen molar-refractivity contribution in [3.8, 4) is 0 Å². The molecule has 1 aliphatic rings. The van der Waals surface area contributed by atoms with E-state index < -0.39 is 0 Å². The lowest BCUT2D eigenvalue weighted by atomic mass is 10.1. The van der Waals surface area contributed by atoms with Crippen molar-refractivity contribution >= 4 is 5.91 Å². The lowest BCUT2D eigenvalue weighted by Gasteiger charge is -2.28. The maximum Gasteiger partial charge on any atom is 0.222 e. The van der Waals surface area contributed by atoms with E-state index in [1.807, 2.05) is 0 Å². The highest BCUT2D eigenvalue weighted by atomic mass is 16.2. The zero-order chi connectivity index (χ0) is 20.5. The SMILES string of the molecule is CCCCCCCC=CCCCCCCCCC(=O)N1CC(C)CCCC1C. The first kappa shape index (κ1) is 25.2. The number of unbranched alkanes of at least 4 members (excludes halogenated alkanes) is 11. The summed E-state index contributed by atoms with van der Waals surface area (Å²) in [6.07, 6.45) is 26.3. The minimum atomic E-state index is 0.404. The van der Waals surface area contributed by atoms with Crippen LogP contribution in [0.2, 0.25) is 0 Å². The molecule has 2 nitrogen and oxygen atoms in total. The fourth-order valence-corrected chi connectivity index (χ4v) is 4.36. The molecule has 0 aromatic heterocycles. The summed E-state index contributed by atoms with van der Waals surface area (Å²) in [7, 11) is 0.